The van der Waals surface area contributed by atoms with Gasteiger partial charge in [0.2, 0.25) is 0 Å². The molecule has 5 aromatic carbocycles. The van der Waals surface area contributed by atoms with Gasteiger partial charge >= 0.3 is 0 Å². The Kier molecular flexibility index (Phi) is 4.66. The summed E-state index contributed by atoms with van der Waals surface area (Å²) in [5.74, 6) is 0.258. The average Bonchev–Trinajstić information content (AvgIpc) is 2.81. The number of hydrogen-bond acceptors (Lipinski definition) is 2. The van der Waals surface area contributed by atoms with Crippen LogP contribution in [0.25, 0.3) is 21.9 Å². The zero-order chi connectivity index (χ0) is 20.3. The molecule has 0 amide bonds. The van der Waals surface area contributed by atoms with Gasteiger partial charge in [0, 0.05) is 16.9 Å². The molecule has 1 N–H and O–H groups in total. The maximum absolute atomic E-state index is 9.81. The summed E-state index contributed by atoms with van der Waals surface area (Å²) in [6, 6.07) is 41.1. The maximum Gasteiger partial charge on any atom is 0.115 e. The molecule has 0 radical (unpaired) electrons. The highest BCUT2D eigenvalue weighted by atomic mass is 16.3. The molecule has 30 heavy (non-hydrogen) atoms. The summed E-state index contributed by atoms with van der Waals surface area (Å²) in [4.78, 5) is 2.23. The van der Waals surface area contributed by atoms with Crippen LogP contribution in [0.3, 0.4) is 0 Å². The summed E-state index contributed by atoms with van der Waals surface area (Å²) in [6.45, 7) is 0. The Balaban J connectivity index is 1.77. The van der Waals surface area contributed by atoms with E-state index in [9.17, 15) is 5.11 Å². The van der Waals surface area contributed by atoms with Crippen molar-refractivity contribution in [2.75, 3.05) is 4.90 Å². The zero-order valence-electron chi connectivity index (χ0n) is 16.4. The predicted molar refractivity (Wildman–Crippen MR) is 126 cm³/mol. The highest BCUT2D eigenvalue weighted by Crippen LogP contribution is 2.42. The van der Waals surface area contributed by atoms with Crippen molar-refractivity contribution in [1.82, 2.24) is 0 Å². The van der Waals surface area contributed by atoms with Crippen LogP contribution < -0.4 is 4.90 Å². The molecule has 0 unspecified atom stereocenters. The monoisotopic (exact) mass is 387 g/mol. The topological polar surface area (TPSA) is 23.5 Å². The van der Waals surface area contributed by atoms with Gasteiger partial charge in [0.05, 0.1) is 5.69 Å². The summed E-state index contributed by atoms with van der Waals surface area (Å²) in [5.41, 5.74) is 5.50. The Morgan fingerprint density at radius 3 is 1.90 bits per heavy atom. The maximum atomic E-state index is 9.81. The second-order valence-corrected chi connectivity index (χ2v) is 7.23. The van der Waals surface area contributed by atoms with Gasteiger partial charge in [-0.25, -0.2) is 0 Å². The molecule has 0 spiro atoms. The molecule has 5 rings (SSSR count). The van der Waals surface area contributed by atoms with E-state index < -0.39 is 0 Å². The van der Waals surface area contributed by atoms with Crippen LogP contribution in [-0.2, 0) is 0 Å². The summed E-state index contributed by atoms with van der Waals surface area (Å²) in [5, 5.41) is 12.3. The fourth-order valence-corrected chi connectivity index (χ4v) is 3.96. The third-order valence-electron chi connectivity index (χ3n) is 5.35. The van der Waals surface area contributed by atoms with Crippen molar-refractivity contribution < 1.29 is 5.11 Å². The SMILES string of the molecule is Oc1ccc(N(c2ccccc2)c2ccccc2-c2cccc3ccccc23)cc1. The standard InChI is InChI=1S/C28H21NO/c30-24-19-17-23(18-20-24)29(22-11-2-1-3-12-22)28-16-7-6-14-27(28)26-15-8-10-21-9-4-5-13-25(21)26/h1-20,30H. The molecule has 0 atom stereocenters. The molecule has 0 fully saturated rings. The lowest BCUT2D eigenvalue weighted by Crippen LogP contribution is -2.11. The first-order chi connectivity index (χ1) is 14.8. The minimum absolute atomic E-state index is 0.258. The molecule has 0 bridgehead atoms. The van der Waals surface area contributed by atoms with Crippen molar-refractivity contribution >= 4 is 27.8 Å². The number of phenols is 1. The molecular weight excluding hydrogens is 366 g/mol. The van der Waals surface area contributed by atoms with Gasteiger partial charge in [-0.1, -0.05) is 78.9 Å². The van der Waals surface area contributed by atoms with Gasteiger partial charge < -0.3 is 10.0 Å². The summed E-state index contributed by atoms with van der Waals surface area (Å²) in [6.07, 6.45) is 0. The first-order valence-electron chi connectivity index (χ1n) is 10.0. The Bertz CT molecular complexity index is 1290. The van der Waals surface area contributed by atoms with Crippen LogP contribution in [0.2, 0.25) is 0 Å². The van der Waals surface area contributed by atoms with Gasteiger partial charge in [0.25, 0.3) is 0 Å². The number of hydrogen-bond donors (Lipinski definition) is 1. The molecule has 0 saturated carbocycles. The Labute approximate surface area is 176 Å². The van der Waals surface area contributed by atoms with Crippen LogP contribution in [0.1, 0.15) is 0 Å². The van der Waals surface area contributed by atoms with Crippen LogP contribution in [0.4, 0.5) is 17.1 Å². The smallest absolute Gasteiger partial charge is 0.115 e. The van der Waals surface area contributed by atoms with Gasteiger partial charge in [-0.15, -0.1) is 0 Å². The fourth-order valence-electron chi connectivity index (χ4n) is 3.96. The van der Waals surface area contributed by atoms with Crippen molar-refractivity contribution in [3.8, 4) is 16.9 Å². The Hall–Kier alpha value is -4.04. The number of anilines is 3. The van der Waals surface area contributed by atoms with E-state index in [1.807, 2.05) is 30.3 Å². The van der Waals surface area contributed by atoms with Crippen LogP contribution >= 0.6 is 0 Å². The first kappa shape index (κ1) is 18.0. The van der Waals surface area contributed by atoms with Crippen molar-refractivity contribution in [3.05, 3.63) is 121 Å². The molecular formula is C28H21NO. The van der Waals surface area contributed by atoms with E-state index in [0.717, 1.165) is 22.6 Å². The van der Waals surface area contributed by atoms with Crippen molar-refractivity contribution in [2.24, 2.45) is 0 Å². The first-order valence-corrected chi connectivity index (χ1v) is 10.0. The quantitative estimate of drug-likeness (QED) is 0.342. The van der Waals surface area contributed by atoms with Crippen LogP contribution in [-0.4, -0.2) is 5.11 Å². The molecule has 2 heteroatoms. The lowest BCUT2D eigenvalue weighted by Gasteiger charge is -2.28. The van der Waals surface area contributed by atoms with Crippen LogP contribution in [0.15, 0.2) is 121 Å². The lowest BCUT2D eigenvalue weighted by molar-refractivity contribution is 0.475. The van der Waals surface area contributed by atoms with Gasteiger partial charge in [-0.3, -0.25) is 0 Å². The van der Waals surface area contributed by atoms with E-state index in [-0.39, 0.29) is 5.75 Å². The number of benzene rings is 5. The molecule has 0 saturated heterocycles. The third kappa shape index (κ3) is 3.29. The predicted octanol–water partition coefficient (Wildman–Crippen LogP) is 7.68. The molecule has 0 aromatic heterocycles. The number of rotatable bonds is 4. The second kappa shape index (κ2) is 7.76. The van der Waals surface area contributed by atoms with E-state index >= 15 is 0 Å². The van der Waals surface area contributed by atoms with Gasteiger partial charge in [-0.2, -0.15) is 0 Å². The Morgan fingerprint density at radius 2 is 1.07 bits per heavy atom. The van der Waals surface area contributed by atoms with Gasteiger partial charge in [0.1, 0.15) is 5.75 Å². The number of nitrogens with zero attached hydrogens (tertiary/aromatic N) is 1. The number of phenolic OH excluding ortho intramolecular Hbond substituents is 1. The van der Waals surface area contributed by atoms with E-state index in [1.165, 1.54) is 16.3 Å². The van der Waals surface area contributed by atoms with Crippen molar-refractivity contribution in [1.29, 1.82) is 0 Å². The molecule has 0 aliphatic heterocycles. The van der Waals surface area contributed by atoms with E-state index in [4.69, 9.17) is 0 Å². The Morgan fingerprint density at radius 1 is 0.467 bits per heavy atom. The average molecular weight is 387 g/mol. The summed E-state index contributed by atoms with van der Waals surface area (Å²) < 4.78 is 0. The molecule has 5 aromatic rings. The van der Waals surface area contributed by atoms with E-state index in [1.54, 1.807) is 12.1 Å². The molecule has 2 nitrogen and oxygen atoms in total. The minimum atomic E-state index is 0.258. The molecule has 0 aliphatic carbocycles. The zero-order valence-corrected chi connectivity index (χ0v) is 16.4. The van der Waals surface area contributed by atoms with Crippen LogP contribution in [0.5, 0.6) is 5.75 Å². The van der Waals surface area contributed by atoms with Crippen LogP contribution in [0, 0.1) is 0 Å². The highest BCUT2D eigenvalue weighted by Gasteiger charge is 2.17. The largest absolute Gasteiger partial charge is 0.508 e. The van der Waals surface area contributed by atoms with Gasteiger partial charge in [0.15, 0.2) is 0 Å². The summed E-state index contributed by atoms with van der Waals surface area (Å²) >= 11 is 0. The van der Waals surface area contributed by atoms with Crippen molar-refractivity contribution in [2.45, 2.75) is 0 Å². The normalized spacial score (nSPS) is 10.8. The number of aromatic hydroxyl groups is 1. The minimum Gasteiger partial charge on any atom is -0.508 e. The lowest BCUT2D eigenvalue weighted by atomic mass is 9.96. The molecule has 0 aliphatic rings. The fraction of sp³-hybridized carbons (Fsp3) is 0. The van der Waals surface area contributed by atoms with Crippen molar-refractivity contribution in [3.63, 3.8) is 0 Å². The summed E-state index contributed by atoms with van der Waals surface area (Å²) in [7, 11) is 0. The third-order valence-corrected chi connectivity index (χ3v) is 5.35. The molecule has 0 heterocycles. The second-order valence-electron chi connectivity index (χ2n) is 7.23. The van der Waals surface area contributed by atoms with E-state index in [0.29, 0.717) is 0 Å². The highest BCUT2D eigenvalue weighted by molar-refractivity contribution is 6.01. The van der Waals surface area contributed by atoms with Gasteiger partial charge in [-0.05, 0) is 58.8 Å². The number of para-hydroxylation sites is 2. The van der Waals surface area contributed by atoms with E-state index in [2.05, 4.69) is 83.8 Å². The number of fused-ring (bicyclic) bond motifs is 1. The molecule has 144 valence electrons.